The minimum atomic E-state index is -4.17. The van der Waals surface area contributed by atoms with Crippen LogP contribution in [-0.2, 0) is 4.79 Å². The van der Waals surface area contributed by atoms with Crippen LogP contribution in [0.3, 0.4) is 0 Å². The lowest BCUT2D eigenvalue weighted by Gasteiger charge is -2.19. The third-order valence-electron chi connectivity index (χ3n) is 3.63. The SMILES string of the molecule is CCNC(=NCC(=O)N1CCCC1)NCCCN(C)CC(F)(F)F. The molecule has 140 valence electrons. The van der Waals surface area contributed by atoms with Crippen molar-refractivity contribution in [2.75, 3.05) is 52.9 Å². The van der Waals surface area contributed by atoms with E-state index in [1.807, 2.05) is 6.92 Å². The lowest BCUT2D eigenvalue weighted by Crippen LogP contribution is -2.40. The fourth-order valence-electron chi connectivity index (χ4n) is 2.50. The molecule has 0 aliphatic carbocycles. The van der Waals surface area contributed by atoms with E-state index in [0.717, 1.165) is 25.9 Å². The van der Waals surface area contributed by atoms with E-state index in [2.05, 4.69) is 15.6 Å². The topological polar surface area (TPSA) is 60.0 Å². The van der Waals surface area contributed by atoms with E-state index in [0.29, 0.717) is 32.0 Å². The van der Waals surface area contributed by atoms with Crippen molar-refractivity contribution in [1.82, 2.24) is 20.4 Å². The van der Waals surface area contributed by atoms with Gasteiger partial charge in [0.15, 0.2) is 5.96 Å². The summed E-state index contributed by atoms with van der Waals surface area (Å²) >= 11 is 0. The zero-order valence-corrected chi connectivity index (χ0v) is 14.5. The van der Waals surface area contributed by atoms with Gasteiger partial charge in [0, 0.05) is 26.2 Å². The first kappa shape index (κ1) is 20.5. The molecule has 1 saturated heterocycles. The number of hydrogen-bond acceptors (Lipinski definition) is 3. The Morgan fingerprint density at radius 2 is 1.92 bits per heavy atom. The van der Waals surface area contributed by atoms with Crippen molar-refractivity contribution >= 4 is 11.9 Å². The van der Waals surface area contributed by atoms with E-state index < -0.39 is 12.7 Å². The normalized spacial score (nSPS) is 15.9. The maximum atomic E-state index is 12.2. The largest absolute Gasteiger partial charge is 0.401 e. The highest BCUT2D eigenvalue weighted by Gasteiger charge is 2.28. The number of rotatable bonds is 8. The number of nitrogens with one attached hydrogen (secondary N) is 2. The molecule has 0 atom stereocenters. The molecular formula is C15H28F3N5O. The van der Waals surface area contributed by atoms with Gasteiger partial charge in [-0.1, -0.05) is 0 Å². The lowest BCUT2D eigenvalue weighted by molar-refractivity contribution is -0.143. The van der Waals surface area contributed by atoms with Crippen LogP contribution in [0.15, 0.2) is 4.99 Å². The summed E-state index contributed by atoms with van der Waals surface area (Å²) in [5.74, 6) is 0.526. The molecule has 0 spiro atoms. The molecule has 6 nitrogen and oxygen atoms in total. The second-order valence-corrected chi connectivity index (χ2v) is 5.92. The zero-order valence-electron chi connectivity index (χ0n) is 14.5. The summed E-state index contributed by atoms with van der Waals surface area (Å²) in [5.41, 5.74) is 0. The summed E-state index contributed by atoms with van der Waals surface area (Å²) < 4.78 is 36.7. The third kappa shape index (κ3) is 8.95. The molecule has 0 aromatic heterocycles. The first-order valence-electron chi connectivity index (χ1n) is 8.37. The van der Waals surface area contributed by atoms with Gasteiger partial charge in [0.1, 0.15) is 6.54 Å². The minimum absolute atomic E-state index is 0.00890. The van der Waals surface area contributed by atoms with Crippen LogP contribution in [0.1, 0.15) is 26.2 Å². The molecule has 0 saturated carbocycles. The molecule has 0 unspecified atom stereocenters. The fraction of sp³-hybridized carbons (Fsp3) is 0.867. The van der Waals surface area contributed by atoms with E-state index in [-0.39, 0.29) is 12.5 Å². The van der Waals surface area contributed by atoms with Gasteiger partial charge in [0.05, 0.1) is 6.54 Å². The summed E-state index contributed by atoms with van der Waals surface area (Å²) in [4.78, 5) is 19.2. The van der Waals surface area contributed by atoms with Gasteiger partial charge in [0.2, 0.25) is 5.91 Å². The molecule has 1 aliphatic rings. The Bertz CT molecular complexity index is 408. The van der Waals surface area contributed by atoms with Crippen molar-refractivity contribution in [3.8, 4) is 0 Å². The monoisotopic (exact) mass is 351 g/mol. The van der Waals surface area contributed by atoms with Crippen molar-refractivity contribution in [1.29, 1.82) is 0 Å². The van der Waals surface area contributed by atoms with Gasteiger partial charge < -0.3 is 15.5 Å². The van der Waals surface area contributed by atoms with Gasteiger partial charge >= 0.3 is 6.18 Å². The molecule has 0 bridgehead atoms. The molecular weight excluding hydrogens is 323 g/mol. The number of likely N-dealkylation sites (tertiary alicyclic amines) is 1. The smallest absolute Gasteiger partial charge is 0.357 e. The van der Waals surface area contributed by atoms with Crippen LogP contribution in [0.5, 0.6) is 0 Å². The zero-order chi connectivity index (χ0) is 18.0. The number of carbonyl (C=O) groups excluding carboxylic acids is 1. The van der Waals surface area contributed by atoms with E-state index >= 15 is 0 Å². The number of halogens is 3. The molecule has 0 aromatic carbocycles. The first-order chi connectivity index (χ1) is 11.3. The van der Waals surface area contributed by atoms with E-state index in [9.17, 15) is 18.0 Å². The lowest BCUT2D eigenvalue weighted by atomic mass is 10.4. The summed E-state index contributed by atoms with van der Waals surface area (Å²) in [6.45, 7) is 4.15. The van der Waals surface area contributed by atoms with Crippen molar-refractivity contribution in [3.63, 3.8) is 0 Å². The van der Waals surface area contributed by atoms with Gasteiger partial charge in [-0.15, -0.1) is 0 Å². The van der Waals surface area contributed by atoms with Crippen molar-refractivity contribution in [2.24, 2.45) is 4.99 Å². The standard InChI is InChI=1S/C15H28F3N5O/c1-3-19-14(21-11-13(24)23-9-4-5-10-23)20-7-6-8-22(2)12-15(16,17)18/h3-12H2,1-2H3,(H2,19,20,21). The molecule has 0 radical (unpaired) electrons. The molecule has 1 aliphatic heterocycles. The number of carbonyl (C=O) groups is 1. The van der Waals surface area contributed by atoms with Crippen molar-refractivity contribution in [2.45, 2.75) is 32.4 Å². The summed E-state index contributed by atoms with van der Waals surface area (Å²) in [6, 6.07) is 0. The maximum Gasteiger partial charge on any atom is 0.401 e. The molecule has 1 heterocycles. The molecule has 1 rings (SSSR count). The molecule has 1 fully saturated rings. The van der Waals surface area contributed by atoms with E-state index in [4.69, 9.17) is 0 Å². The molecule has 1 amide bonds. The molecule has 9 heteroatoms. The van der Waals surface area contributed by atoms with Crippen LogP contribution in [0.25, 0.3) is 0 Å². The number of amides is 1. The predicted octanol–water partition coefficient (Wildman–Crippen LogP) is 1.05. The summed E-state index contributed by atoms with van der Waals surface area (Å²) in [7, 11) is 1.45. The maximum absolute atomic E-state index is 12.2. The van der Waals surface area contributed by atoms with Gasteiger partial charge in [-0.25, -0.2) is 4.99 Å². The average Bonchev–Trinajstić information content (AvgIpc) is 3.01. The fourth-order valence-corrected chi connectivity index (χ4v) is 2.50. The number of alkyl halides is 3. The number of nitrogens with zero attached hydrogens (tertiary/aromatic N) is 3. The Kier molecular flexibility index (Phi) is 8.88. The Morgan fingerprint density at radius 3 is 2.50 bits per heavy atom. The predicted molar refractivity (Wildman–Crippen MR) is 88.0 cm³/mol. The number of hydrogen-bond donors (Lipinski definition) is 2. The minimum Gasteiger partial charge on any atom is -0.357 e. The summed E-state index contributed by atoms with van der Waals surface area (Å²) in [5, 5.41) is 6.07. The molecule has 2 N–H and O–H groups in total. The van der Waals surface area contributed by atoms with Crippen LogP contribution >= 0.6 is 0 Å². The highest BCUT2D eigenvalue weighted by Crippen LogP contribution is 2.15. The average molecular weight is 351 g/mol. The second-order valence-electron chi connectivity index (χ2n) is 5.92. The highest BCUT2D eigenvalue weighted by molar-refractivity contribution is 5.85. The Morgan fingerprint density at radius 1 is 1.25 bits per heavy atom. The van der Waals surface area contributed by atoms with Gasteiger partial charge in [-0.2, -0.15) is 13.2 Å². The Labute approximate surface area is 141 Å². The van der Waals surface area contributed by atoms with Crippen molar-refractivity contribution < 1.29 is 18.0 Å². The third-order valence-corrected chi connectivity index (χ3v) is 3.63. The van der Waals surface area contributed by atoms with Gasteiger partial charge in [-0.3, -0.25) is 9.69 Å². The van der Waals surface area contributed by atoms with E-state index in [1.54, 1.807) is 4.90 Å². The van der Waals surface area contributed by atoms with Crippen LogP contribution in [-0.4, -0.2) is 80.7 Å². The van der Waals surface area contributed by atoms with Crippen LogP contribution in [0, 0.1) is 0 Å². The number of aliphatic imine (C=N–C) groups is 1. The number of guanidine groups is 1. The first-order valence-corrected chi connectivity index (χ1v) is 8.37. The van der Waals surface area contributed by atoms with Crippen LogP contribution in [0.2, 0.25) is 0 Å². The quantitative estimate of drug-likeness (QED) is 0.390. The van der Waals surface area contributed by atoms with Gasteiger partial charge in [-0.05, 0) is 39.8 Å². The highest BCUT2D eigenvalue weighted by atomic mass is 19.4. The molecule has 0 aromatic rings. The Balaban J connectivity index is 2.29. The van der Waals surface area contributed by atoms with Crippen LogP contribution in [0.4, 0.5) is 13.2 Å². The molecule has 24 heavy (non-hydrogen) atoms. The van der Waals surface area contributed by atoms with Crippen LogP contribution < -0.4 is 10.6 Å². The second kappa shape index (κ2) is 10.4. The Hall–Kier alpha value is -1.51. The van der Waals surface area contributed by atoms with Gasteiger partial charge in [0.25, 0.3) is 0 Å². The summed E-state index contributed by atoms with van der Waals surface area (Å²) in [6.07, 6.45) is -1.54. The van der Waals surface area contributed by atoms with E-state index in [1.165, 1.54) is 11.9 Å². The van der Waals surface area contributed by atoms with Crippen molar-refractivity contribution in [3.05, 3.63) is 0 Å².